The van der Waals surface area contributed by atoms with Crippen LogP contribution in [0.3, 0.4) is 0 Å². The van der Waals surface area contributed by atoms with Gasteiger partial charge in [-0.25, -0.2) is 0 Å². The summed E-state index contributed by atoms with van der Waals surface area (Å²) >= 11 is 1.62. The van der Waals surface area contributed by atoms with Crippen molar-refractivity contribution in [3.63, 3.8) is 0 Å². The fourth-order valence-electron chi connectivity index (χ4n) is 1.55. The minimum Gasteiger partial charge on any atom is -0.334 e. The van der Waals surface area contributed by atoms with E-state index in [0.29, 0.717) is 24.8 Å². The molecule has 0 saturated carbocycles. The van der Waals surface area contributed by atoms with Crippen molar-refractivity contribution in [3.05, 3.63) is 22.7 Å². The summed E-state index contributed by atoms with van der Waals surface area (Å²) in [6.07, 6.45) is 0. The maximum Gasteiger partial charge on any atom is 0.258 e. The van der Waals surface area contributed by atoms with E-state index < -0.39 is 0 Å². The Labute approximate surface area is 104 Å². The summed E-state index contributed by atoms with van der Waals surface area (Å²) in [5.41, 5.74) is 6.52. The molecule has 2 N–H and O–H groups in total. The Bertz CT molecular complexity index is 440. The molecule has 0 aromatic carbocycles. The summed E-state index contributed by atoms with van der Waals surface area (Å²) in [4.78, 5) is 6.55. The van der Waals surface area contributed by atoms with E-state index in [9.17, 15) is 0 Å². The molecule has 92 valence electrons. The van der Waals surface area contributed by atoms with Gasteiger partial charge < -0.3 is 10.3 Å². The minimum absolute atomic E-state index is 0.588. The topological polar surface area (TPSA) is 68.2 Å². The lowest BCUT2D eigenvalue weighted by atomic mass is 10.3. The SMILES string of the molecule is CCN(CCN)Cc1noc(-c2ccsc2)n1. The quantitative estimate of drug-likeness (QED) is 0.845. The molecule has 2 aromatic rings. The van der Waals surface area contributed by atoms with Crippen molar-refractivity contribution in [2.45, 2.75) is 13.5 Å². The Balaban J connectivity index is 2.03. The van der Waals surface area contributed by atoms with Crippen LogP contribution in [0.2, 0.25) is 0 Å². The molecule has 0 amide bonds. The van der Waals surface area contributed by atoms with E-state index in [4.69, 9.17) is 10.3 Å². The zero-order chi connectivity index (χ0) is 12.1. The maximum absolute atomic E-state index is 5.54. The van der Waals surface area contributed by atoms with Crippen LogP contribution in [0.5, 0.6) is 0 Å². The van der Waals surface area contributed by atoms with Crippen LogP contribution in [-0.2, 0) is 6.54 Å². The highest BCUT2D eigenvalue weighted by molar-refractivity contribution is 7.08. The largest absolute Gasteiger partial charge is 0.334 e. The molecule has 0 aliphatic carbocycles. The third kappa shape index (κ3) is 3.12. The lowest BCUT2D eigenvalue weighted by molar-refractivity contribution is 0.275. The van der Waals surface area contributed by atoms with Gasteiger partial charge >= 0.3 is 0 Å². The lowest BCUT2D eigenvalue weighted by Gasteiger charge is -2.16. The second-order valence-electron chi connectivity index (χ2n) is 3.69. The van der Waals surface area contributed by atoms with Crippen molar-refractivity contribution < 1.29 is 4.52 Å². The molecule has 0 saturated heterocycles. The second kappa shape index (κ2) is 5.90. The zero-order valence-electron chi connectivity index (χ0n) is 9.80. The summed E-state index contributed by atoms with van der Waals surface area (Å²) in [5, 5.41) is 7.97. The zero-order valence-corrected chi connectivity index (χ0v) is 10.6. The number of thiophene rings is 1. The summed E-state index contributed by atoms with van der Waals surface area (Å²) < 4.78 is 5.22. The number of rotatable bonds is 6. The third-order valence-corrected chi connectivity index (χ3v) is 3.18. The van der Waals surface area contributed by atoms with E-state index in [1.807, 2.05) is 16.8 Å². The van der Waals surface area contributed by atoms with Crippen LogP contribution in [0.15, 0.2) is 21.3 Å². The molecular formula is C11H16N4OS. The smallest absolute Gasteiger partial charge is 0.258 e. The Morgan fingerprint density at radius 2 is 2.41 bits per heavy atom. The number of likely N-dealkylation sites (N-methyl/N-ethyl adjacent to an activating group) is 1. The van der Waals surface area contributed by atoms with Crippen molar-refractivity contribution in [2.75, 3.05) is 19.6 Å². The van der Waals surface area contributed by atoms with Gasteiger partial charge in [-0.1, -0.05) is 12.1 Å². The molecule has 6 heteroatoms. The fourth-order valence-corrected chi connectivity index (χ4v) is 2.18. The van der Waals surface area contributed by atoms with Gasteiger partial charge in [-0.3, -0.25) is 4.90 Å². The standard InChI is InChI=1S/C11H16N4OS/c1-2-15(5-4-12)7-10-13-11(16-14-10)9-3-6-17-8-9/h3,6,8H,2,4-5,7,12H2,1H3. The highest BCUT2D eigenvalue weighted by Gasteiger charge is 2.11. The highest BCUT2D eigenvalue weighted by atomic mass is 32.1. The Hall–Kier alpha value is -1.24. The average molecular weight is 252 g/mol. The first-order valence-electron chi connectivity index (χ1n) is 5.61. The van der Waals surface area contributed by atoms with E-state index >= 15 is 0 Å². The molecule has 0 bridgehead atoms. The fraction of sp³-hybridized carbons (Fsp3) is 0.455. The number of nitrogens with two attached hydrogens (primary N) is 1. The van der Waals surface area contributed by atoms with Gasteiger partial charge in [-0.05, 0) is 18.0 Å². The molecule has 0 atom stereocenters. The van der Waals surface area contributed by atoms with Gasteiger partial charge in [-0.15, -0.1) is 0 Å². The van der Waals surface area contributed by atoms with Crippen molar-refractivity contribution in [3.8, 4) is 11.5 Å². The molecule has 0 radical (unpaired) electrons. The summed E-state index contributed by atoms with van der Waals surface area (Å²) in [7, 11) is 0. The van der Waals surface area contributed by atoms with E-state index in [0.717, 1.165) is 18.7 Å². The average Bonchev–Trinajstić information content (AvgIpc) is 2.98. The van der Waals surface area contributed by atoms with Crippen LogP contribution in [0, 0.1) is 0 Å². The number of aromatic nitrogens is 2. The summed E-state index contributed by atoms with van der Waals surface area (Å²) in [5.74, 6) is 1.30. The van der Waals surface area contributed by atoms with E-state index in [2.05, 4.69) is 22.0 Å². The highest BCUT2D eigenvalue weighted by Crippen LogP contribution is 2.20. The number of nitrogens with zero attached hydrogens (tertiary/aromatic N) is 3. The van der Waals surface area contributed by atoms with E-state index in [-0.39, 0.29) is 0 Å². The van der Waals surface area contributed by atoms with Gasteiger partial charge in [0.1, 0.15) is 0 Å². The lowest BCUT2D eigenvalue weighted by Crippen LogP contribution is -2.29. The van der Waals surface area contributed by atoms with E-state index in [1.165, 1.54) is 0 Å². The van der Waals surface area contributed by atoms with Crippen molar-refractivity contribution in [2.24, 2.45) is 5.73 Å². The predicted molar refractivity (Wildman–Crippen MR) is 67.6 cm³/mol. The predicted octanol–water partition coefficient (Wildman–Crippen LogP) is 1.58. The molecule has 2 rings (SSSR count). The monoisotopic (exact) mass is 252 g/mol. The van der Waals surface area contributed by atoms with Crippen molar-refractivity contribution >= 4 is 11.3 Å². The van der Waals surface area contributed by atoms with E-state index in [1.54, 1.807) is 11.3 Å². The van der Waals surface area contributed by atoms with Gasteiger partial charge in [0.05, 0.1) is 12.1 Å². The molecule has 0 unspecified atom stereocenters. The van der Waals surface area contributed by atoms with Crippen LogP contribution in [0.4, 0.5) is 0 Å². The molecular weight excluding hydrogens is 236 g/mol. The van der Waals surface area contributed by atoms with Crippen LogP contribution < -0.4 is 5.73 Å². The molecule has 5 nitrogen and oxygen atoms in total. The Kier molecular flexibility index (Phi) is 4.24. The molecule has 0 fully saturated rings. The van der Waals surface area contributed by atoms with Gasteiger partial charge in [0.15, 0.2) is 5.82 Å². The van der Waals surface area contributed by atoms with Gasteiger partial charge in [0.25, 0.3) is 5.89 Å². The summed E-state index contributed by atoms with van der Waals surface area (Å²) in [6.45, 7) is 5.19. The number of hydrogen-bond donors (Lipinski definition) is 1. The third-order valence-electron chi connectivity index (χ3n) is 2.49. The molecule has 0 aliphatic rings. The Morgan fingerprint density at radius 3 is 3.06 bits per heavy atom. The van der Waals surface area contributed by atoms with Crippen LogP contribution in [0.1, 0.15) is 12.7 Å². The van der Waals surface area contributed by atoms with Gasteiger partial charge in [-0.2, -0.15) is 16.3 Å². The molecule has 2 heterocycles. The molecule has 2 aromatic heterocycles. The molecule has 17 heavy (non-hydrogen) atoms. The van der Waals surface area contributed by atoms with Crippen molar-refractivity contribution in [1.29, 1.82) is 0 Å². The minimum atomic E-state index is 0.588. The second-order valence-corrected chi connectivity index (χ2v) is 4.47. The van der Waals surface area contributed by atoms with Crippen LogP contribution >= 0.6 is 11.3 Å². The van der Waals surface area contributed by atoms with Gasteiger partial charge in [0.2, 0.25) is 0 Å². The van der Waals surface area contributed by atoms with Crippen LogP contribution in [0.25, 0.3) is 11.5 Å². The molecule has 0 spiro atoms. The normalized spacial score (nSPS) is 11.2. The maximum atomic E-state index is 5.54. The number of hydrogen-bond acceptors (Lipinski definition) is 6. The first-order chi connectivity index (χ1) is 8.33. The first kappa shape index (κ1) is 12.2. The Morgan fingerprint density at radius 1 is 1.53 bits per heavy atom. The first-order valence-corrected chi connectivity index (χ1v) is 6.55. The van der Waals surface area contributed by atoms with Gasteiger partial charge in [0, 0.05) is 18.5 Å². The molecule has 0 aliphatic heterocycles. The van der Waals surface area contributed by atoms with Crippen molar-refractivity contribution in [1.82, 2.24) is 15.0 Å². The van der Waals surface area contributed by atoms with Crippen LogP contribution in [-0.4, -0.2) is 34.7 Å². The summed E-state index contributed by atoms with van der Waals surface area (Å²) in [6, 6.07) is 1.97.